The van der Waals surface area contributed by atoms with Crippen molar-refractivity contribution in [2.45, 2.75) is 23.8 Å². The van der Waals surface area contributed by atoms with E-state index >= 15 is 0 Å². The van der Waals surface area contributed by atoms with Gasteiger partial charge >= 0.3 is 0 Å². The van der Waals surface area contributed by atoms with Gasteiger partial charge in [0.15, 0.2) is 0 Å². The molecule has 5 nitrogen and oxygen atoms in total. The lowest BCUT2D eigenvalue weighted by Crippen LogP contribution is -2.36. The predicted molar refractivity (Wildman–Crippen MR) is 98.1 cm³/mol. The van der Waals surface area contributed by atoms with Crippen molar-refractivity contribution in [3.8, 4) is 5.75 Å². The molecule has 1 unspecified atom stereocenters. The highest BCUT2D eigenvalue weighted by molar-refractivity contribution is 7.89. The van der Waals surface area contributed by atoms with E-state index in [4.69, 9.17) is 4.74 Å². The number of nitrogens with one attached hydrogen (secondary N) is 1. The van der Waals surface area contributed by atoms with Crippen LogP contribution in [0.3, 0.4) is 0 Å². The predicted octanol–water partition coefficient (Wildman–Crippen LogP) is 2.95. The summed E-state index contributed by atoms with van der Waals surface area (Å²) in [5.74, 6) is 0.188. The Labute approximate surface area is 153 Å². The average Bonchev–Trinajstić information content (AvgIpc) is 3.17. The maximum atomic E-state index is 13.4. The topological polar surface area (TPSA) is 58.6 Å². The van der Waals surface area contributed by atoms with E-state index in [1.54, 1.807) is 7.11 Å². The molecular weight excluding hydrogens is 355 g/mol. The normalized spacial score (nSPS) is 16.5. The summed E-state index contributed by atoms with van der Waals surface area (Å²) in [5, 5.41) is 0. The first-order valence-electron chi connectivity index (χ1n) is 8.63. The quantitative estimate of drug-likeness (QED) is 0.805. The molecule has 0 saturated carbocycles. The van der Waals surface area contributed by atoms with E-state index < -0.39 is 15.8 Å². The zero-order valence-corrected chi connectivity index (χ0v) is 15.5. The van der Waals surface area contributed by atoms with Crippen molar-refractivity contribution in [3.63, 3.8) is 0 Å². The minimum Gasteiger partial charge on any atom is -0.497 e. The van der Waals surface area contributed by atoms with Crippen LogP contribution in [0.4, 0.5) is 4.39 Å². The number of ether oxygens (including phenoxy) is 1. The third kappa shape index (κ3) is 4.41. The van der Waals surface area contributed by atoms with Crippen molar-refractivity contribution in [1.82, 2.24) is 9.62 Å². The Hall–Kier alpha value is -1.96. The molecule has 1 N–H and O–H groups in total. The molecule has 0 radical (unpaired) electrons. The Morgan fingerprint density at radius 2 is 1.85 bits per heavy atom. The van der Waals surface area contributed by atoms with Gasteiger partial charge in [0.1, 0.15) is 11.6 Å². The number of nitrogens with zero attached hydrogens (tertiary/aromatic N) is 1. The van der Waals surface area contributed by atoms with Crippen molar-refractivity contribution < 1.29 is 17.5 Å². The Bertz CT molecular complexity index is 834. The highest BCUT2D eigenvalue weighted by Gasteiger charge is 2.25. The summed E-state index contributed by atoms with van der Waals surface area (Å²) in [5.41, 5.74) is 1.02. The molecule has 2 aromatic carbocycles. The first-order valence-corrected chi connectivity index (χ1v) is 10.1. The Morgan fingerprint density at radius 3 is 2.46 bits per heavy atom. The third-order valence-corrected chi connectivity index (χ3v) is 6.08. The van der Waals surface area contributed by atoms with Gasteiger partial charge in [0.25, 0.3) is 0 Å². The molecule has 0 amide bonds. The van der Waals surface area contributed by atoms with Gasteiger partial charge in [-0.05, 0) is 61.8 Å². The Balaban J connectivity index is 1.79. The number of hydrogen-bond donors (Lipinski definition) is 1. The average molecular weight is 378 g/mol. The van der Waals surface area contributed by atoms with E-state index in [1.165, 1.54) is 18.2 Å². The van der Waals surface area contributed by atoms with Crippen LogP contribution in [0, 0.1) is 5.82 Å². The second-order valence-electron chi connectivity index (χ2n) is 6.34. The second kappa shape index (κ2) is 8.16. The van der Waals surface area contributed by atoms with Gasteiger partial charge in [0.2, 0.25) is 10.0 Å². The maximum absolute atomic E-state index is 13.4. The lowest BCUT2D eigenvalue weighted by molar-refractivity contribution is 0.246. The lowest BCUT2D eigenvalue weighted by atomic mass is 10.1. The van der Waals surface area contributed by atoms with Crippen LogP contribution in [0.5, 0.6) is 5.75 Å². The van der Waals surface area contributed by atoms with Crippen LogP contribution < -0.4 is 9.46 Å². The minimum atomic E-state index is -3.77. The fraction of sp³-hybridized carbons (Fsp3) is 0.368. The standard InChI is InChI=1S/C19H23FN2O3S/c1-25-17-9-7-15(8-10-17)19(22-11-2-3-12-22)14-21-26(23,24)18-6-4-5-16(20)13-18/h4-10,13,19,21H,2-3,11-12,14H2,1H3. The first kappa shape index (κ1) is 18.8. The highest BCUT2D eigenvalue weighted by atomic mass is 32.2. The number of sulfonamides is 1. The van der Waals surface area contributed by atoms with Gasteiger partial charge in [-0.25, -0.2) is 17.5 Å². The Morgan fingerprint density at radius 1 is 1.15 bits per heavy atom. The number of rotatable bonds is 7. The van der Waals surface area contributed by atoms with Gasteiger partial charge in [-0.3, -0.25) is 4.90 Å². The molecule has 0 spiro atoms. The smallest absolute Gasteiger partial charge is 0.240 e. The van der Waals surface area contributed by atoms with E-state index in [0.717, 1.165) is 43.3 Å². The van der Waals surface area contributed by atoms with Crippen LogP contribution >= 0.6 is 0 Å². The molecule has 1 heterocycles. The molecule has 0 bridgehead atoms. The summed E-state index contributed by atoms with van der Waals surface area (Å²) in [7, 11) is -2.16. The van der Waals surface area contributed by atoms with Crippen LogP contribution in [0.25, 0.3) is 0 Å². The molecule has 7 heteroatoms. The minimum absolute atomic E-state index is 0.0626. The van der Waals surface area contributed by atoms with Crippen molar-refractivity contribution in [1.29, 1.82) is 0 Å². The van der Waals surface area contributed by atoms with Gasteiger partial charge < -0.3 is 4.74 Å². The zero-order chi connectivity index (χ0) is 18.6. The lowest BCUT2D eigenvalue weighted by Gasteiger charge is -2.28. The number of likely N-dealkylation sites (tertiary alicyclic amines) is 1. The number of halogens is 1. The molecule has 1 fully saturated rings. The molecule has 1 aliphatic heterocycles. The molecular formula is C19H23FN2O3S. The Kier molecular flexibility index (Phi) is 5.90. The summed E-state index contributed by atoms with van der Waals surface area (Å²) in [6.07, 6.45) is 2.20. The fourth-order valence-electron chi connectivity index (χ4n) is 3.24. The van der Waals surface area contributed by atoms with Crippen LogP contribution in [0.1, 0.15) is 24.4 Å². The summed E-state index contributed by atoms with van der Waals surface area (Å²) in [6, 6.07) is 12.6. The molecule has 26 heavy (non-hydrogen) atoms. The van der Waals surface area contributed by atoms with E-state index in [-0.39, 0.29) is 17.5 Å². The maximum Gasteiger partial charge on any atom is 0.240 e. The molecule has 140 valence electrons. The monoisotopic (exact) mass is 378 g/mol. The van der Waals surface area contributed by atoms with Gasteiger partial charge in [-0.1, -0.05) is 18.2 Å². The third-order valence-electron chi connectivity index (χ3n) is 4.66. The van der Waals surface area contributed by atoms with Crippen LogP contribution in [0.2, 0.25) is 0 Å². The summed E-state index contributed by atoms with van der Waals surface area (Å²) in [4.78, 5) is 2.21. The largest absolute Gasteiger partial charge is 0.497 e. The summed E-state index contributed by atoms with van der Waals surface area (Å²) >= 11 is 0. The second-order valence-corrected chi connectivity index (χ2v) is 8.11. The van der Waals surface area contributed by atoms with Crippen LogP contribution in [0.15, 0.2) is 53.4 Å². The summed E-state index contributed by atoms with van der Waals surface area (Å²) in [6.45, 7) is 2.09. The first-order chi connectivity index (χ1) is 12.5. The molecule has 1 saturated heterocycles. The molecule has 0 aromatic heterocycles. The molecule has 0 aliphatic carbocycles. The number of hydrogen-bond acceptors (Lipinski definition) is 4. The van der Waals surface area contributed by atoms with Crippen molar-refractivity contribution in [2.24, 2.45) is 0 Å². The molecule has 1 aliphatic rings. The summed E-state index contributed by atoms with van der Waals surface area (Å²) < 4.78 is 46.2. The van der Waals surface area contributed by atoms with Gasteiger partial charge in [0, 0.05) is 12.6 Å². The SMILES string of the molecule is COc1ccc(C(CNS(=O)(=O)c2cccc(F)c2)N2CCCC2)cc1. The van der Waals surface area contributed by atoms with Gasteiger partial charge in [0.05, 0.1) is 12.0 Å². The van der Waals surface area contributed by atoms with E-state index in [0.29, 0.717) is 0 Å². The van der Waals surface area contributed by atoms with Crippen molar-refractivity contribution >= 4 is 10.0 Å². The highest BCUT2D eigenvalue weighted by Crippen LogP contribution is 2.26. The zero-order valence-electron chi connectivity index (χ0n) is 14.7. The van der Waals surface area contributed by atoms with Crippen molar-refractivity contribution in [2.75, 3.05) is 26.7 Å². The van der Waals surface area contributed by atoms with E-state index in [2.05, 4.69) is 9.62 Å². The van der Waals surface area contributed by atoms with Crippen LogP contribution in [-0.2, 0) is 10.0 Å². The van der Waals surface area contributed by atoms with Crippen LogP contribution in [-0.4, -0.2) is 40.1 Å². The van der Waals surface area contributed by atoms with Crippen molar-refractivity contribution in [3.05, 3.63) is 59.9 Å². The fourth-order valence-corrected chi connectivity index (χ4v) is 4.31. The van der Waals surface area contributed by atoms with E-state index in [9.17, 15) is 12.8 Å². The number of methoxy groups -OCH3 is 1. The number of benzene rings is 2. The molecule has 3 rings (SSSR count). The molecule has 1 atom stereocenters. The molecule has 2 aromatic rings. The van der Waals surface area contributed by atoms with Gasteiger partial charge in [-0.15, -0.1) is 0 Å². The van der Waals surface area contributed by atoms with Gasteiger partial charge in [-0.2, -0.15) is 0 Å². The van der Waals surface area contributed by atoms with E-state index in [1.807, 2.05) is 24.3 Å².